The van der Waals surface area contributed by atoms with Crippen molar-refractivity contribution in [1.29, 1.82) is 0 Å². The van der Waals surface area contributed by atoms with E-state index >= 15 is 0 Å². The summed E-state index contributed by atoms with van der Waals surface area (Å²) < 4.78 is 0. The summed E-state index contributed by atoms with van der Waals surface area (Å²) in [4.78, 5) is 22.9. The zero-order chi connectivity index (χ0) is 15.1. The summed E-state index contributed by atoms with van der Waals surface area (Å²) in [6, 6.07) is 0.557. The minimum absolute atomic E-state index is 0.0262. The molecular formula is C15H27N3O2S. The van der Waals surface area contributed by atoms with Gasteiger partial charge in [-0.05, 0) is 19.3 Å². The molecule has 0 aliphatic carbocycles. The first kappa shape index (κ1) is 16.5. The van der Waals surface area contributed by atoms with Crippen LogP contribution in [0, 0.1) is 0 Å². The van der Waals surface area contributed by atoms with Gasteiger partial charge in [0.25, 0.3) is 0 Å². The van der Waals surface area contributed by atoms with Crippen LogP contribution in [-0.4, -0.2) is 41.6 Å². The van der Waals surface area contributed by atoms with Gasteiger partial charge in [0.05, 0.1) is 12.1 Å². The average molecular weight is 313 g/mol. The highest BCUT2D eigenvalue weighted by molar-refractivity contribution is 8.00. The standard InChI is InChI=1S/C15H27N3O2S/c1-2-3-6-9-16-13(19)8-5-4-7-12-14-11(10-21-12)17-15(20)18-14/h11-12,14H,2-10H2,1H3,(H,16,19)(H2,17,18,20)/t11-,12?,14-/m1/s1. The first-order chi connectivity index (χ1) is 10.2. The van der Waals surface area contributed by atoms with Crippen molar-refractivity contribution in [2.24, 2.45) is 0 Å². The van der Waals surface area contributed by atoms with E-state index in [9.17, 15) is 9.59 Å². The van der Waals surface area contributed by atoms with Gasteiger partial charge in [0.1, 0.15) is 0 Å². The molecule has 3 atom stereocenters. The molecule has 0 aromatic rings. The highest BCUT2D eigenvalue weighted by Crippen LogP contribution is 2.33. The van der Waals surface area contributed by atoms with Crippen molar-refractivity contribution in [2.45, 2.75) is 69.2 Å². The largest absolute Gasteiger partial charge is 0.356 e. The van der Waals surface area contributed by atoms with Crippen molar-refractivity contribution in [3.05, 3.63) is 0 Å². The van der Waals surface area contributed by atoms with Gasteiger partial charge in [0.15, 0.2) is 0 Å². The van der Waals surface area contributed by atoms with Crippen molar-refractivity contribution in [2.75, 3.05) is 12.3 Å². The van der Waals surface area contributed by atoms with Crippen LogP contribution in [0.25, 0.3) is 0 Å². The number of nitrogens with one attached hydrogen (secondary N) is 3. The number of rotatable bonds is 9. The molecule has 21 heavy (non-hydrogen) atoms. The Morgan fingerprint density at radius 2 is 2.14 bits per heavy atom. The molecular weight excluding hydrogens is 286 g/mol. The molecule has 0 aromatic carbocycles. The lowest BCUT2D eigenvalue weighted by Gasteiger charge is -2.16. The van der Waals surface area contributed by atoms with Gasteiger partial charge in [-0.15, -0.1) is 0 Å². The number of hydrogen-bond donors (Lipinski definition) is 3. The van der Waals surface area contributed by atoms with Crippen LogP contribution >= 0.6 is 11.8 Å². The van der Waals surface area contributed by atoms with E-state index in [1.165, 1.54) is 12.8 Å². The quantitative estimate of drug-likeness (QED) is 0.450. The molecule has 6 heteroatoms. The second-order valence-corrected chi connectivity index (χ2v) is 7.20. The Balaban J connectivity index is 1.52. The first-order valence-corrected chi connectivity index (χ1v) is 9.21. The predicted molar refractivity (Wildman–Crippen MR) is 86.5 cm³/mol. The van der Waals surface area contributed by atoms with Crippen LogP contribution in [0.4, 0.5) is 4.79 Å². The van der Waals surface area contributed by atoms with E-state index in [1.54, 1.807) is 0 Å². The van der Waals surface area contributed by atoms with Crippen LogP contribution in [0.2, 0.25) is 0 Å². The van der Waals surface area contributed by atoms with Crippen molar-refractivity contribution in [1.82, 2.24) is 16.0 Å². The van der Waals surface area contributed by atoms with Gasteiger partial charge in [-0.2, -0.15) is 11.8 Å². The maximum Gasteiger partial charge on any atom is 0.315 e. The predicted octanol–water partition coefficient (Wildman–Crippen LogP) is 2.02. The summed E-state index contributed by atoms with van der Waals surface area (Å²) in [7, 11) is 0. The summed E-state index contributed by atoms with van der Waals surface area (Å²) in [5, 5.41) is 9.44. The summed E-state index contributed by atoms with van der Waals surface area (Å²) in [6.45, 7) is 2.97. The summed E-state index contributed by atoms with van der Waals surface area (Å²) >= 11 is 1.94. The normalized spacial score (nSPS) is 27.1. The number of hydrogen-bond acceptors (Lipinski definition) is 3. The summed E-state index contributed by atoms with van der Waals surface area (Å²) in [5.74, 6) is 1.19. The van der Waals surface area contributed by atoms with Gasteiger partial charge in [-0.3, -0.25) is 4.79 Å². The molecule has 2 rings (SSSR count). The molecule has 5 nitrogen and oxygen atoms in total. The first-order valence-electron chi connectivity index (χ1n) is 8.16. The molecule has 2 heterocycles. The zero-order valence-corrected chi connectivity index (χ0v) is 13.6. The van der Waals surface area contributed by atoms with Gasteiger partial charge in [-0.25, -0.2) is 4.79 Å². The molecule has 2 aliphatic rings. The highest BCUT2D eigenvalue weighted by atomic mass is 32.2. The van der Waals surface area contributed by atoms with Crippen molar-refractivity contribution < 1.29 is 9.59 Å². The molecule has 2 fully saturated rings. The van der Waals surface area contributed by atoms with Crippen molar-refractivity contribution in [3.63, 3.8) is 0 Å². The van der Waals surface area contributed by atoms with Crippen LogP contribution in [0.3, 0.4) is 0 Å². The van der Waals surface area contributed by atoms with Gasteiger partial charge in [0, 0.05) is 24.0 Å². The Morgan fingerprint density at radius 3 is 2.95 bits per heavy atom. The van der Waals surface area contributed by atoms with Crippen LogP contribution < -0.4 is 16.0 Å². The van der Waals surface area contributed by atoms with E-state index in [-0.39, 0.29) is 18.0 Å². The third kappa shape index (κ3) is 5.09. The Hall–Kier alpha value is -0.910. The van der Waals surface area contributed by atoms with Crippen LogP contribution in [0.15, 0.2) is 0 Å². The average Bonchev–Trinajstić information content (AvgIpc) is 2.99. The summed E-state index contributed by atoms with van der Waals surface area (Å²) in [6.07, 6.45) is 7.15. The molecule has 2 aliphatic heterocycles. The van der Waals surface area contributed by atoms with Gasteiger partial charge < -0.3 is 16.0 Å². The molecule has 3 N–H and O–H groups in total. The minimum Gasteiger partial charge on any atom is -0.356 e. The fraction of sp³-hybridized carbons (Fsp3) is 0.867. The van der Waals surface area contributed by atoms with Crippen molar-refractivity contribution >= 4 is 23.7 Å². The second-order valence-electron chi connectivity index (χ2n) is 5.92. The Bertz CT molecular complexity index is 365. The molecule has 0 aromatic heterocycles. The zero-order valence-electron chi connectivity index (χ0n) is 12.8. The lowest BCUT2D eigenvalue weighted by molar-refractivity contribution is -0.121. The van der Waals surface area contributed by atoms with Gasteiger partial charge >= 0.3 is 6.03 Å². The molecule has 0 saturated carbocycles. The molecule has 0 bridgehead atoms. The van der Waals surface area contributed by atoms with E-state index in [4.69, 9.17) is 0 Å². The van der Waals surface area contributed by atoms with E-state index < -0.39 is 0 Å². The summed E-state index contributed by atoms with van der Waals surface area (Å²) in [5.41, 5.74) is 0. The number of carbonyl (C=O) groups excluding carboxylic acids is 2. The molecule has 0 spiro atoms. The number of unbranched alkanes of at least 4 members (excludes halogenated alkanes) is 3. The lowest BCUT2D eigenvalue weighted by atomic mass is 10.0. The Morgan fingerprint density at radius 1 is 1.29 bits per heavy atom. The van der Waals surface area contributed by atoms with Crippen LogP contribution in [0.1, 0.15) is 51.9 Å². The molecule has 3 amide bonds. The third-order valence-electron chi connectivity index (χ3n) is 4.18. The Kier molecular flexibility index (Phi) is 6.67. The van der Waals surface area contributed by atoms with Crippen LogP contribution in [-0.2, 0) is 4.79 Å². The lowest BCUT2D eigenvalue weighted by Crippen LogP contribution is -2.36. The number of urea groups is 1. The fourth-order valence-corrected chi connectivity index (χ4v) is 4.51. The van der Waals surface area contributed by atoms with E-state index in [1.807, 2.05) is 11.8 Å². The number of thioether (sulfide) groups is 1. The molecule has 120 valence electrons. The second kappa shape index (κ2) is 8.51. The smallest absolute Gasteiger partial charge is 0.315 e. The SMILES string of the molecule is CCCCCNC(=O)CCCCC1SC[C@H]2NC(=O)N[C@@H]12. The maximum absolute atomic E-state index is 11.6. The third-order valence-corrected chi connectivity index (χ3v) is 5.69. The maximum atomic E-state index is 11.6. The highest BCUT2D eigenvalue weighted by Gasteiger charge is 2.42. The van der Waals surface area contributed by atoms with E-state index in [0.29, 0.717) is 17.7 Å². The molecule has 0 radical (unpaired) electrons. The van der Waals surface area contributed by atoms with Crippen LogP contribution in [0.5, 0.6) is 0 Å². The van der Waals surface area contributed by atoms with Crippen molar-refractivity contribution in [3.8, 4) is 0 Å². The number of fused-ring (bicyclic) bond motifs is 1. The Labute approximate surface area is 131 Å². The van der Waals surface area contributed by atoms with E-state index in [0.717, 1.165) is 38.0 Å². The van der Waals surface area contributed by atoms with E-state index in [2.05, 4.69) is 22.9 Å². The molecule has 2 saturated heterocycles. The number of carbonyl (C=O) groups is 2. The minimum atomic E-state index is -0.0262. The van der Waals surface area contributed by atoms with Gasteiger partial charge in [0.2, 0.25) is 5.91 Å². The van der Waals surface area contributed by atoms with Gasteiger partial charge in [-0.1, -0.05) is 26.2 Å². The molecule has 1 unspecified atom stereocenters. The number of amides is 3. The fourth-order valence-electron chi connectivity index (χ4n) is 2.97. The topological polar surface area (TPSA) is 70.2 Å². The monoisotopic (exact) mass is 313 g/mol.